The number of benzene rings is 2. The van der Waals surface area contributed by atoms with Crippen molar-refractivity contribution in [2.75, 3.05) is 11.9 Å². The fourth-order valence-corrected chi connectivity index (χ4v) is 2.27. The van der Waals surface area contributed by atoms with Gasteiger partial charge in [-0.3, -0.25) is 24.5 Å². The lowest BCUT2D eigenvalue weighted by molar-refractivity contribution is -0.387. The van der Waals surface area contributed by atoms with E-state index in [4.69, 9.17) is 16.3 Å². The predicted octanol–water partition coefficient (Wildman–Crippen LogP) is 3.53. The number of carbonyl (C=O) groups is 3. The lowest BCUT2D eigenvalue weighted by Crippen LogP contribution is -2.21. The van der Waals surface area contributed by atoms with Gasteiger partial charge in [0.05, 0.1) is 11.3 Å². The van der Waals surface area contributed by atoms with Crippen LogP contribution >= 0.6 is 11.6 Å². The van der Waals surface area contributed by atoms with Crippen LogP contribution in [0.1, 0.15) is 23.2 Å². The van der Waals surface area contributed by atoms with Gasteiger partial charge < -0.3 is 10.1 Å². The van der Waals surface area contributed by atoms with E-state index in [2.05, 4.69) is 5.32 Å². The molecular weight excluding hydrogens is 395 g/mol. The summed E-state index contributed by atoms with van der Waals surface area (Å²) >= 11 is 5.73. The third-order valence-electron chi connectivity index (χ3n) is 3.51. The molecule has 2 aromatic rings. The first kappa shape index (κ1) is 21.0. The molecule has 28 heavy (non-hydrogen) atoms. The number of carbonyl (C=O) groups excluding carboxylic acids is 3. The number of rotatable bonds is 8. The number of nitro benzene ring substituents is 1. The van der Waals surface area contributed by atoms with E-state index in [1.165, 1.54) is 12.1 Å². The Morgan fingerprint density at radius 2 is 1.79 bits per heavy atom. The summed E-state index contributed by atoms with van der Waals surface area (Å²) in [6.07, 6.45) is -0.330. The number of esters is 1. The molecule has 0 aliphatic heterocycles. The van der Waals surface area contributed by atoms with Gasteiger partial charge in [0.15, 0.2) is 12.4 Å². The van der Waals surface area contributed by atoms with Crippen LogP contribution in [0.4, 0.5) is 15.8 Å². The molecule has 1 amide bonds. The number of anilines is 1. The number of halogens is 2. The van der Waals surface area contributed by atoms with Crippen LogP contribution in [0.2, 0.25) is 5.02 Å². The first-order chi connectivity index (χ1) is 13.3. The van der Waals surface area contributed by atoms with E-state index in [9.17, 15) is 28.9 Å². The van der Waals surface area contributed by atoms with Crippen molar-refractivity contribution in [2.24, 2.45) is 0 Å². The van der Waals surface area contributed by atoms with Gasteiger partial charge in [0.1, 0.15) is 0 Å². The SMILES string of the molecule is O=C(COC(=O)CCC(=O)c1ccc(Cl)cc1)Nc1ccc(F)c([N+](=O)[O-])c1. The molecule has 8 nitrogen and oxygen atoms in total. The quantitative estimate of drug-likeness (QED) is 0.309. The van der Waals surface area contributed by atoms with Crippen LogP contribution in [-0.4, -0.2) is 29.2 Å². The summed E-state index contributed by atoms with van der Waals surface area (Å²) in [6.45, 7) is -0.654. The zero-order chi connectivity index (χ0) is 20.7. The molecule has 0 heterocycles. The summed E-state index contributed by atoms with van der Waals surface area (Å²) in [5.41, 5.74) is -0.421. The molecule has 1 N–H and O–H groups in total. The van der Waals surface area contributed by atoms with Gasteiger partial charge in [-0.25, -0.2) is 0 Å². The molecule has 0 saturated carbocycles. The van der Waals surface area contributed by atoms with Crippen molar-refractivity contribution >= 4 is 40.6 Å². The fourth-order valence-electron chi connectivity index (χ4n) is 2.14. The highest BCUT2D eigenvalue weighted by Gasteiger charge is 2.16. The molecule has 0 saturated heterocycles. The van der Waals surface area contributed by atoms with Crippen molar-refractivity contribution < 1.29 is 28.4 Å². The van der Waals surface area contributed by atoms with Gasteiger partial charge in [-0.15, -0.1) is 0 Å². The van der Waals surface area contributed by atoms with Crippen molar-refractivity contribution in [2.45, 2.75) is 12.8 Å². The molecule has 0 spiro atoms. The molecule has 0 unspecified atom stereocenters. The number of nitrogens with one attached hydrogen (secondary N) is 1. The molecule has 0 fully saturated rings. The first-order valence-electron chi connectivity index (χ1n) is 7.94. The Labute approximate surface area is 163 Å². The average molecular weight is 409 g/mol. The van der Waals surface area contributed by atoms with E-state index in [0.717, 1.165) is 18.2 Å². The monoisotopic (exact) mass is 408 g/mol. The van der Waals surface area contributed by atoms with Crippen molar-refractivity contribution in [3.63, 3.8) is 0 Å². The second-order valence-corrected chi connectivity index (χ2v) is 6.00. The van der Waals surface area contributed by atoms with Crippen LogP contribution in [0.5, 0.6) is 0 Å². The van der Waals surface area contributed by atoms with Gasteiger partial charge >= 0.3 is 11.7 Å². The number of amides is 1. The van der Waals surface area contributed by atoms with E-state index < -0.39 is 34.9 Å². The van der Waals surface area contributed by atoms with E-state index in [-0.39, 0.29) is 24.3 Å². The molecule has 0 aliphatic carbocycles. The molecule has 0 bridgehead atoms. The summed E-state index contributed by atoms with van der Waals surface area (Å²) in [6, 6.07) is 8.99. The Balaban J connectivity index is 1.78. The Morgan fingerprint density at radius 3 is 2.43 bits per heavy atom. The molecule has 2 rings (SSSR count). The number of nitro groups is 1. The number of ketones is 1. The van der Waals surface area contributed by atoms with Gasteiger partial charge in [-0.05, 0) is 36.4 Å². The topological polar surface area (TPSA) is 116 Å². The number of Topliss-reactive ketones (excluding diaryl/α,β-unsaturated/α-hetero) is 1. The number of ether oxygens (including phenoxy) is 1. The maximum absolute atomic E-state index is 13.2. The van der Waals surface area contributed by atoms with E-state index in [0.29, 0.717) is 10.6 Å². The molecule has 0 aliphatic rings. The lowest BCUT2D eigenvalue weighted by Gasteiger charge is -2.07. The van der Waals surface area contributed by atoms with Crippen LogP contribution in [-0.2, 0) is 14.3 Å². The predicted molar refractivity (Wildman–Crippen MR) is 97.7 cm³/mol. The highest BCUT2D eigenvalue weighted by atomic mass is 35.5. The summed E-state index contributed by atoms with van der Waals surface area (Å²) in [7, 11) is 0. The van der Waals surface area contributed by atoms with Crippen molar-refractivity contribution in [1.29, 1.82) is 0 Å². The minimum absolute atomic E-state index is 0.0212. The van der Waals surface area contributed by atoms with Crippen molar-refractivity contribution in [1.82, 2.24) is 0 Å². The van der Waals surface area contributed by atoms with Crippen LogP contribution < -0.4 is 5.32 Å². The van der Waals surface area contributed by atoms with Crippen LogP contribution in [0.3, 0.4) is 0 Å². The van der Waals surface area contributed by atoms with E-state index in [1.54, 1.807) is 12.1 Å². The number of nitrogens with zero attached hydrogens (tertiary/aromatic N) is 1. The molecule has 146 valence electrons. The number of hydrogen-bond acceptors (Lipinski definition) is 6. The lowest BCUT2D eigenvalue weighted by atomic mass is 10.1. The Hall–Kier alpha value is -3.33. The van der Waals surface area contributed by atoms with Gasteiger partial charge in [0, 0.05) is 28.8 Å². The number of hydrogen-bond donors (Lipinski definition) is 1. The maximum atomic E-state index is 13.2. The Morgan fingerprint density at radius 1 is 1.11 bits per heavy atom. The van der Waals surface area contributed by atoms with Crippen molar-refractivity contribution in [3.8, 4) is 0 Å². The molecule has 10 heteroatoms. The minimum Gasteiger partial charge on any atom is -0.456 e. The highest BCUT2D eigenvalue weighted by molar-refractivity contribution is 6.30. The average Bonchev–Trinajstić information content (AvgIpc) is 2.66. The largest absolute Gasteiger partial charge is 0.456 e. The molecule has 0 atom stereocenters. The first-order valence-corrected chi connectivity index (χ1v) is 8.32. The third kappa shape index (κ3) is 6.13. The Bertz CT molecular complexity index is 917. The fraction of sp³-hybridized carbons (Fsp3) is 0.167. The Kier molecular flexibility index (Phi) is 7.16. The smallest absolute Gasteiger partial charge is 0.306 e. The molecule has 2 aromatic carbocycles. The van der Waals surface area contributed by atoms with Crippen LogP contribution in [0, 0.1) is 15.9 Å². The van der Waals surface area contributed by atoms with Gasteiger partial charge in [0.2, 0.25) is 5.82 Å². The standard InChI is InChI=1S/C18H14ClFN2O6/c19-12-3-1-11(2-4-12)16(23)7-8-18(25)28-10-17(24)21-13-5-6-14(20)15(9-13)22(26)27/h1-6,9H,7-8,10H2,(H,21,24). The van der Waals surface area contributed by atoms with E-state index in [1.807, 2.05) is 0 Å². The summed E-state index contributed by atoms with van der Waals surface area (Å²) in [5, 5.41) is 13.4. The maximum Gasteiger partial charge on any atom is 0.306 e. The second kappa shape index (κ2) is 9.56. The third-order valence-corrected chi connectivity index (χ3v) is 3.77. The summed E-state index contributed by atoms with van der Waals surface area (Å²) < 4.78 is 18.0. The van der Waals surface area contributed by atoms with Crippen LogP contribution in [0.25, 0.3) is 0 Å². The van der Waals surface area contributed by atoms with Gasteiger partial charge in [-0.2, -0.15) is 4.39 Å². The second-order valence-electron chi connectivity index (χ2n) is 5.56. The zero-order valence-electron chi connectivity index (χ0n) is 14.3. The van der Waals surface area contributed by atoms with Gasteiger partial charge in [0.25, 0.3) is 5.91 Å². The summed E-state index contributed by atoms with van der Waals surface area (Å²) in [5.74, 6) is -2.85. The summed E-state index contributed by atoms with van der Waals surface area (Å²) in [4.78, 5) is 45.1. The van der Waals surface area contributed by atoms with E-state index >= 15 is 0 Å². The normalized spacial score (nSPS) is 10.2. The molecule has 0 radical (unpaired) electrons. The molecular formula is C18H14ClFN2O6. The minimum atomic E-state index is -1.04. The van der Waals surface area contributed by atoms with Crippen molar-refractivity contribution in [3.05, 3.63) is 69.0 Å². The zero-order valence-corrected chi connectivity index (χ0v) is 15.1. The van der Waals surface area contributed by atoms with Gasteiger partial charge in [-0.1, -0.05) is 11.6 Å². The van der Waals surface area contributed by atoms with Crippen LogP contribution in [0.15, 0.2) is 42.5 Å². The molecule has 0 aromatic heterocycles. The highest BCUT2D eigenvalue weighted by Crippen LogP contribution is 2.21.